The molecule has 0 spiro atoms. The fourth-order valence-electron chi connectivity index (χ4n) is 9.22. The van der Waals surface area contributed by atoms with Gasteiger partial charge < -0.3 is 9.32 Å². The van der Waals surface area contributed by atoms with Gasteiger partial charge in [-0.2, -0.15) is 0 Å². The summed E-state index contributed by atoms with van der Waals surface area (Å²) in [6.07, 6.45) is 0. The van der Waals surface area contributed by atoms with Gasteiger partial charge >= 0.3 is 0 Å². The van der Waals surface area contributed by atoms with Crippen LogP contribution < -0.4 is 4.90 Å². The highest BCUT2D eigenvalue weighted by molar-refractivity contribution is 6.22. The van der Waals surface area contributed by atoms with E-state index in [9.17, 15) is 0 Å². The Hall–Kier alpha value is -7.16. The molecule has 0 radical (unpaired) electrons. The van der Waals surface area contributed by atoms with Crippen LogP contribution in [0.1, 0.15) is 22.3 Å². The van der Waals surface area contributed by atoms with Crippen LogP contribution in [0.5, 0.6) is 0 Å². The Labute approximate surface area is 320 Å². The molecule has 0 atom stereocenters. The van der Waals surface area contributed by atoms with Gasteiger partial charge in [-0.3, -0.25) is 0 Å². The van der Waals surface area contributed by atoms with Gasteiger partial charge in [0.05, 0.1) is 5.41 Å². The third-order valence-corrected chi connectivity index (χ3v) is 11.5. The first-order chi connectivity index (χ1) is 27.3. The Morgan fingerprint density at radius 3 is 1.64 bits per heavy atom. The van der Waals surface area contributed by atoms with Gasteiger partial charge in [-0.1, -0.05) is 164 Å². The van der Waals surface area contributed by atoms with Crippen LogP contribution in [0.3, 0.4) is 0 Å². The summed E-state index contributed by atoms with van der Waals surface area (Å²) >= 11 is 0. The Kier molecular flexibility index (Phi) is 7.11. The lowest BCUT2D eigenvalue weighted by molar-refractivity contribution is 0.669. The van der Waals surface area contributed by atoms with Gasteiger partial charge in [0.25, 0.3) is 0 Å². The third kappa shape index (κ3) is 4.75. The Morgan fingerprint density at radius 1 is 0.345 bits per heavy atom. The van der Waals surface area contributed by atoms with Gasteiger partial charge in [0, 0.05) is 33.9 Å². The van der Waals surface area contributed by atoms with Gasteiger partial charge in [-0.15, -0.1) is 0 Å². The summed E-state index contributed by atoms with van der Waals surface area (Å²) < 4.78 is 6.82. The number of nitrogens with zero attached hydrogens (tertiary/aromatic N) is 1. The van der Waals surface area contributed by atoms with E-state index in [1.54, 1.807) is 0 Å². The number of anilines is 3. The fraction of sp³-hybridized carbons (Fsp3) is 0.0189. The normalized spacial score (nSPS) is 12.9. The van der Waals surface area contributed by atoms with Crippen molar-refractivity contribution in [2.45, 2.75) is 5.41 Å². The predicted molar refractivity (Wildman–Crippen MR) is 229 cm³/mol. The number of hydrogen-bond acceptors (Lipinski definition) is 2. The van der Waals surface area contributed by atoms with Crippen molar-refractivity contribution < 1.29 is 4.42 Å². The summed E-state index contributed by atoms with van der Waals surface area (Å²) in [6.45, 7) is 0. The summed E-state index contributed by atoms with van der Waals surface area (Å²) in [5.74, 6) is 0. The third-order valence-electron chi connectivity index (χ3n) is 11.5. The molecule has 1 heterocycles. The summed E-state index contributed by atoms with van der Waals surface area (Å²) in [5.41, 5.74) is 14.4. The Bertz CT molecular complexity index is 2980. The number of para-hydroxylation sites is 1. The molecule has 0 saturated carbocycles. The predicted octanol–water partition coefficient (Wildman–Crippen LogP) is 14.2. The second kappa shape index (κ2) is 12.5. The highest BCUT2D eigenvalue weighted by Gasteiger charge is 2.46. The first-order valence-corrected chi connectivity index (χ1v) is 18.9. The first kappa shape index (κ1) is 31.4. The van der Waals surface area contributed by atoms with E-state index in [1.165, 1.54) is 55.3 Å². The van der Waals surface area contributed by atoms with Crippen LogP contribution in [0, 0.1) is 0 Å². The molecule has 10 aromatic rings. The SMILES string of the molecule is c1ccc(-c2cc3oc4cc(N(c5ccccc5)c5ccc6c(c5)C(c5ccccc5)(c5ccccc5)c5ccccc5-6)ccc4c3c3ccccc23)cc1. The van der Waals surface area contributed by atoms with Gasteiger partial charge in [0.2, 0.25) is 0 Å². The summed E-state index contributed by atoms with van der Waals surface area (Å²) in [7, 11) is 0. The fourth-order valence-corrected chi connectivity index (χ4v) is 9.22. The highest BCUT2D eigenvalue weighted by atomic mass is 16.3. The molecule has 0 N–H and O–H groups in total. The molecule has 0 saturated heterocycles. The number of hydrogen-bond donors (Lipinski definition) is 0. The van der Waals surface area contributed by atoms with Crippen molar-refractivity contribution in [1.82, 2.24) is 0 Å². The molecule has 2 heteroatoms. The lowest BCUT2D eigenvalue weighted by Crippen LogP contribution is -2.28. The van der Waals surface area contributed by atoms with Crippen molar-refractivity contribution in [3.05, 3.63) is 235 Å². The van der Waals surface area contributed by atoms with Crippen LogP contribution in [-0.2, 0) is 5.41 Å². The average Bonchev–Trinajstić information content (AvgIpc) is 3.78. The van der Waals surface area contributed by atoms with Gasteiger partial charge in [0.15, 0.2) is 0 Å². The van der Waals surface area contributed by atoms with Crippen LogP contribution in [-0.4, -0.2) is 0 Å². The molecule has 1 aliphatic carbocycles. The van der Waals surface area contributed by atoms with Crippen LogP contribution >= 0.6 is 0 Å². The Morgan fingerprint density at radius 2 is 0.909 bits per heavy atom. The molecule has 2 nitrogen and oxygen atoms in total. The minimum absolute atomic E-state index is 0.493. The maximum atomic E-state index is 6.82. The van der Waals surface area contributed by atoms with Crippen molar-refractivity contribution in [3.63, 3.8) is 0 Å². The zero-order valence-corrected chi connectivity index (χ0v) is 30.1. The largest absolute Gasteiger partial charge is 0.456 e. The van der Waals surface area contributed by atoms with E-state index < -0.39 is 5.41 Å². The van der Waals surface area contributed by atoms with E-state index in [0.29, 0.717) is 0 Å². The van der Waals surface area contributed by atoms with E-state index in [2.05, 4.69) is 217 Å². The molecule has 11 rings (SSSR count). The second-order valence-corrected chi connectivity index (χ2v) is 14.4. The van der Waals surface area contributed by atoms with Crippen LogP contribution in [0.2, 0.25) is 0 Å². The quantitative estimate of drug-likeness (QED) is 0.172. The van der Waals surface area contributed by atoms with Crippen LogP contribution in [0.15, 0.2) is 217 Å². The standard InChI is InChI=1S/C53H35NO/c1-5-17-36(18-6-1)47-35-51-52(45-27-14-13-25-42(45)47)46-32-30-41(34-50(46)55-51)54(39-23-11-4-12-24-39)40-29-31-44-43-26-15-16-28-48(43)53(49(44)33-40,37-19-7-2-8-20-37)38-21-9-3-10-22-38/h1-35H. The molecule has 1 aromatic heterocycles. The molecular formula is C53H35NO. The monoisotopic (exact) mass is 701 g/mol. The highest BCUT2D eigenvalue weighted by Crippen LogP contribution is 2.57. The first-order valence-electron chi connectivity index (χ1n) is 18.9. The Balaban J connectivity index is 1.14. The minimum Gasteiger partial charge on any atom is -0.456 e. The van der Waals surface area contributed by atoms with Crippen LogP contribution in [0.4, 0.5) is 17.1 Å². The summed E-state index contributed by atoms with van der Waals surface area (Å²) in [5, 5.41) is 4.67. The minimum atomic E-state index is -0.493. The van der Waals surface area contributed by atoms with E-state index in [1.807, 2.05) is 0 Å². The van der Waals surface area contributed by atoms with E-state index in [-0.39, 0.29) is 0 Å². The molecule has 0 bridgehead atoms. The molecule has 258 valence electrons. The summed E-state index contributed by atoms with van der Waals surface area (Å²) in [6, 6.07) is 76.8. The molecular weight excluding hydrogens is 667 g/mol. The molecule has 1 aliphatic rings. The van der Waals surface area contributed by atoms with Crippen molar-refractivity contribution in [2.24, 2.45) is 0 Å². The van der Waals surface area contributed by atoms with Crippen molar-refractivity contribution in [3.8, 4) is 22.3 Å². The lowest BCUT2D eigenvalue weighted by Gasteiger charge is -2.35. The molecule has 0 aliphatic heterocycles. The maximum absolute atomic E-state index is 6.82. The molecule has 0 unspecified atom stereocenters. The number of benzene rings is 9. The zero-order valence-electron chi connectivity index (χ0n) is 30.1. The number of fused-ring (bicyclic) bond motifs is 8. The van der Waals surface area contributed by atoms with E-state index >= 15 is 0 Å². The van der Waals surface area contributed by atoms with E-state index in [4.69, 9.17) is 4.42 Å². The van der Waals surface area contributed by atoms with Gasteiger partial charge in [0.1, 0.15) is 11.2 Å². The molecule has 0 amide bonds. The number of rotatable bonds is 6. The maximum Gasteiger partial charge on any atom is 0.137 e. The second-order valence-electron chi connectivity index (χ2n) is 14.4. The zero-order chi connectivity index (χ0) is 36.3. The van der Waals surface area contributed by atoms with Gasteiger partial charge in [-0.05, 0) is 97.7 Å². The summed E-state index contributed by atoms with van der Waals surface area (Å²) in [4.78, 5) is 2.37. The van der Waals surface area contributed by atoms with Crippen molar-refractivity contribution in [2.75, 3.05) is 4.90 Å². The average molecular weight is 702 g/mol. The topological polar surface area (TPSA) is 16.4 Å². The smallest absolute Gasteiger partial charge is 0.137 e. The number of furan rings is 1. The van der Waals surface area contributed by atoms with Crippen molar-refractivity contribution in [1.29, 1.82) is 0 Å². The molecule has 9 aromatic carbocycles. The van der Waals surface area contributed by atoms with E-state index in [0.717, 1.165) is 39.0 Å². The van der Waals surface area contributed by atoms with Gasteiger partial charge in [-0.25, -0.2) is 0 Å². The lowest BCUT2D eigenvalue weighted by atomic mass is 9.67. The van der Waals surface area contributed by atoms with Crippen molar-refractivity contribution >= 4 is 49.8 Å². The van der Waals surface area contributed by atoms with Crippen LogP contribution in [0.25, 0.3) is 55.0 Å². The molecule has 55 heavy (non-hydrogen) atoms. The molecule has 0 fully saturated rings.